The molecule has 0 saturated carbocycles. The Labute approximate surface area is 159 Å². The lowest BCUT2D eigenvalue weighted by atomic mass is 10.1. The smallest absolute Gasteiger partial charge is 0.345 e. The van der Waals surface area contributed by atoms with Gasteiger partial charge in [-0.25, -0.2) is 4.79 Å². The molecule has 132 valence electrons. The Morgan fingerprint density at radius 2 is 1.63 bits per heavy atom. The zero-order valence-electron chi connectivity index (χ0n) is 14.0. The lowest BCUT2D eigenvalue weighted by Crippen LogP contribution is -2.09. The van der Waals surface area contributed by atoms with Gasteiger partial charge in [0, 0.05) is 11.6 Å². The largest absolute Gasteiger partial charge is 0.456 e. The van der Waals surface area contributed by atoms with Crippen molar-refractivity contribution in [2.24, 2.45) is 0 Å². The average Bonchev–Trinajstić information content (AvgIpc) is 2.69. The van der Waals surface area contributed by atoms with E-state index in [0.29, 0.717) is 21.8 Å². The SMILES string of the molecule is O=C(Oc1ccc2oc(-c3ccccc3)cc(=O)c2c1)c1ccccc1Cl. The van der Waals surface area contributed by atoms with Crippen LogP contribution >= 0.6 is 11.6 Å². The standard InChI is InChI=1S/C22H13ClO4/c23-18-9-5-4-8-16(18)22(25)26-15-10-11-20-17(12-15)19(24)13-21(27-20)14-6-2-1-3-7-14/h1-13H. The predicted octanol–water partition coefficient (Wildman–Crippen LogP) is 5.33. The second-order valence-corrected chi connectivity index (χ2v) is 6.28. The summed E-state index contributed by atoms with van der Waals surface area (Å²) in [7, 11) is 0. The maximum Gasteiger partial charge on any atom is 0.345 e. The van der Waals surface area contributed by atoms with Crippen molar-refractivity contribution in [3.05, 3.63) is 99.7 Å². The number of carbonyl (C=O) groups is 1. The summed E-state index contributed by atoms with van der Waals surface area (Å²) in [6, 6.07) is 22.1. The van der Waals surface area contributed by atoms with E-state index < -0.39 is 5.97 Å². The Kier molecular flexibility index (Phi) is 4.48. The molecule has 3 aromatic carbocycles. The first-order valence-electron chi connectivity index (χ1n) is 8.22. The number of hydrogen-bond acceptors (Lipinski definition) is 4. The van der Waals surface area contributed by atoms with Gasteiger partial charge in [0.2, 0.25) is 0 Å². The van der Waals surface area contributed by atoms with E-state index in [1.54, 1.807) is 36.4 Å². The van der Waals surface area contributed by atoms with Gasteiger partial charge in [-0.15, -0.1) is 0 Å². The Hall–Kier alpha value is -3.37. The van der Waals surface area contributed by atoms with Crippen LogP contribution in [0, 0.1) is 0 Å². The van der Waals surface area contributed by atoms with Crippen LogP contribution in [0.4, 0.5) is 0 Å². The molecule has 0 fully saturated rings. The maximum absolute atomic E-state index is 12.5. The molecule has 27 heavy (non-hydrogen) atoms. The van der Waals surface area contributed by atoms with E-state index in [0.717, 1.165) is 5.56 Å². The first-order chi connectivity index (χ1) is 13.1. The normalized spacial score (nSPS) is 10.7. The van der Waals surface area contributed by atoms with Gasteiger partial charge in [0.1, 0.15) is 17.1 Å². The first kappa shape index (κ1) is 17.1. The van der Waals surface area contributed by atoms with Crippen LogP contribution in [0.5, 0.6) is 5.75 Å². The van der Waals surface area contributed by atoms with Gasteiger partial charge in [0.15, 0.2) is 5.43 Å². The fraction of sp³-hybridized carbons (Fsp3) is 0. The Balaban J connectivity index is 1.69. The zero-order valence-corrected chi connectivity index (χ0v) is 14.8. The summed E-state index contributed by atoms with van der Waals surface area (Å²) in [6.07, 6.45) is 0. The van der Waals surface area contributed by atoms with Crippen molar-refractivity contribution < 1.29 is 13.9 Å². The molecule has 0 atom stereocenters. The Morgan fingerprint density at radius 3 is 2.41 bits per heavy atom. The first-order valence-corrected chi connectivity index (χ1v) is 8.60. The van der Waals surface area contributed by atoms with Crippen LogP contribution in [0.1, 0.15) is 10.4 Å². The monoisotopic (exact) mass is 376 g/mol. The molecule has 1 heterocycles. The number of hydrogen-bond donors (Lipinski definition) is 0. The van der Waals surface area contributed by atoms with Crippen molar-refractivity contribution in [2.75, 3.05) is 0 Å². The van der Waals surface area contributed by atoms with E-state index in [1.165, 1.54) is 12.1 Å². The van der Waals surface area contributed by atoms with Gasteiger partial charge in [0.05, 0.1) is 16.0 Å². The molecule has 4 aromatic rings. The molecule has 4 rings (SSSR count). The summed E-state index contributed by atoms with van der Waals surface area (Å²) in [5, 5.41) is 0.634. The van der Waals surface area contributed by atoms with Gasteiger partial charge in [-0.2, -0.15) is 0 Å². The van der Waals surface area contributed by atoms with Crippen LogP contribution in [-0.2, 0) is 0 Å². The van der Waals surface area contributed by atoms with Crippen molar-refractivity contribution in [1.82, 2.24) is 0 Å². The molecule has 4 nitrogen and oxygen atoms in total. The van der Waals surface area contributed by atoms with Crippen LogP contribution in [0.15, 0.2) is 88.1 Å². The molecule has 5 heteroatoms. The van der Waals surface area contributed by atoms with E-state index in [4.69, 9.17) is 20.8 Å². The molecule has 0 aliphatic heterocycles. The number of halogens is 1. The summed E-state index contributed by atoms with van der Waals surface area (Å²) < 4.78 is 11.2. The van der Waals surface area contributed by atoms with Crippen molar-refractivity contribution in [2.45, 2.75) is 0 Å². The number of benzene rings is 3. The molecule has 0 N–H and O–H groups in total. The third-order valence-corrected chi connectivity index (χ3v) is 4.39. The molecular formula is C22H13ClO4. The number of carbonyl (C=O) groups excluding carboxylic acids is 1. The highest BCUT2D eigenvalue weighted by atomic mass is 35.5. The zero-order chi connectivity index (χ0) is 18.8. The minimum Gasteiger partial charge on any atom is -0.456 e. The molecule has 0 aliphatic rings. The Bertz CT molecular complexity index is 1200. The van der Waals surface area contributed by atoms with Crippen molar-refractivity contribution in [3.8, 4) is 17.1 Å². The van der Waals surface area contributed by atoms with E-state index in [9.17, 15) is 9.59 Å². The van der Waals surface area contributed by atoms with E-state index >= 15 is 0 Å². The van der Waals surface area contributed by atoms with E-state index in [2.05, 4.69) is 0 Å². The molecule has 0 radical (unpaired) electrons. The summed E-state index contributed by atoms with van der Waals surface area (Å²) in [5.74, 6) is 0.131. The fourth-order valence-corrected chi connectivity index (χ4v) is 2.95. The Morgan fingerprint density at radius 1 is 0.889 bits per heavy atom. The second kappa shape index (κ2) is 7.09. The van der Waals surface area contributed by atoms with Gasteiger partial charge in [0.25, 0.3) is 0 Å². The van der Waals surface area contributed by atoms with Gasteiger partial charge < -0.3 is 9.15 Å². The highest BCUT2D eigenvalue weighted by Crippen LogP contribution is 2.25. The van der Waals surface area contributed by atoms with Crippen molar-refractivity contribution >= 4 is 28.5 Å². The van der Waals surface area contributed by atoms with Crippen LogP contribution in [0.25, 0.3) is 22.3 Å². The van der Waals surface area contributed by atoms with E-state index in [1.807, 2.05) is 30.3 Å². The average molecular weight is 377 g/mol. The number of ether oxygens (including phenoxy) is 1. The molecule has 0 spiro atoms. The van der Waals surface area contributed by atoms with Crippen molar-refractivity contribution in [1.29, 1.82) is 0 Å². The highest BCUT2D eigenvalue weighted by molar-refractivity contribution is 6.33. The minimum absolute atomic E-state index is 0.217. The molecule has 0 unspecified atom stereocenters. The van der Waals surface area contributed by atoms with Crippen LogP contribution < -0.4 is 10.2 Å². The van der Waals surface area contributed by atoms with Gasteiger partial charge in [-0.05, 0) is 30.3 Å². The number of esters is 1. The summed E-state index contributed by atoms with van der Waals surface area (Å²) in [6.45, 7) is 0. The van der Waals surface area contributed by atoms with Gasteiger partial charge in [-0.1, -0.05) is 54.1 Å². The predicted molar refractivity (Wildman–Crippen MR) is 104 cm³/mol. The lowest BCUT2D eigenvalue weighted by Gasteiger charge is -2.07. The molecule has 0 saturated heterocycles. The summed E-state index contributed by atoms with van der Waals surface area (Å²) in [5.41, 5.74) is 1.26. The maximum atomic E-state index is 12.5. The molecule has 1 aromatic heterocycles. The number of fused-ring (bicyclic) bond motifs is 1. The molecule has 0 bridgehead atoms. The summed E-state index contributed by atoms with van der Waals surface area (Å²) >= 11 is 6.02. The third-order valence-electron chi connectivity index (χ3n) is 4.06. The third kappa shape index (κ3) is 3.48. The quantitative estimate of drug-likeness (QED) is 0.358. The van der Waals surface area contributed by atoms with Gasteiger partial charge >= 0.3 is 5.97 Å². The van der Waals surface area contributed by atoms with Crippen LogP contribution in [0.2, 0.25) is 5.02 Å². The van der Waals surface area contributed by atoms with E-state index in [-0.39, 0.29) is 16.7 Å². The van der Waals surface area contributed by atoms with Crippen molar-refractivity contribution in [3.63, 3.8) is 0 Å². The molecular weight excluding hydrogens is 364 g/mol. The minimum atomic E-state index is -0.592. The lowest BCUT2D eigenvalue weighted by molar-refractivity contribution is 0.0735. The highest BCUT2D eigenvalue weighted by Gasteiger charge is 2.14. The molecule has 0 aliphatic carbocycles. The fourth-order valence-electron chi connectivity index (χ4n) is 2.73. The summed E-state index contributed by atoms with van der Waals surface area (Å²) in [4.78, 5) is 24.8. The molecule has 0 amide bonds. The van der Waals surface area contributed by atoms with Crippen LogP contribution in [-0.4, -0.2) is 5.97 Å². The number of rotatable bonds is 3. The van der Waals surface area contributed by atoms with Gasteiger partial charge in [-0.3, -0.25) is 4.79 Å². The topological polar surface area (TPSA) is 56.5 Å². The second-order valence-electron chi connectivity index (χ2n) is 5.87. The van der Waals surface area contributed by atoms with Crippen LogP contribution in [0.3, 0.4) is 0 Å².